The molecule has 2 aliphatic rings. The molecule has 4 nitrogen and oxygen atoms in total. The van der Waals surface area contributed by atoms with Gasteiger partial charge in [-0.25, -0.2) is 0 Å². The predicted molar refractivity (Wildman–Crippen MR) is 240 cm³/mol. The minimum absolute atomic E-state index is 0.568. The second-order valence-electron chi connectivity index (χ2n) is 16.0. The Hall–Kier alpha value is -7.82. The van der Waals surface area contributed by atoms with Gasteiger partial charge >= 0.3 is 0 Å². The van der Waals surface area contributed by atoms with Crippen LogP contribution in [-0.2, 0) is 5.41 Å². The van der Waals surface area contributed by atoms with Crippen molar-refractivity contribution in [3.8, 4) is 34.0 Å². The molecule has 0 amide bonds. The number of para-hydroxylation sites is 5. The van der Waals surface area contributed by atoms with E-state index in [0.29, 0.717) is 0 Å². The minimum Gasteiger partial charge on any atom is -0.457 e. The maximum absolute atomic E-state index is 6.79. The van der Waals surface area contributed by atoms with Gasteiger partial charge in [0, 0.05) is 49.4 Å². The van der Waals surface area contributed by atoms with Crippen molar-refractivity contribution in [3.05, 3.63) is 216 Å². The van der Waals surface area contributed by atoms with Crippen LogP contribution in [0.1, 0.15) is 22.3 Å². The van der Waals surface area contributed by atoms with Crippen molar-refractivity contribution >= 4 is 65.6 Å². The number of furan rings is 1. The number of hydrogen-bond donors (Lipinski definition) is 0. The molecule has 1 aliphatic carbocycles. The smallest absolute Gasteiger partial charge is 0.145 e. The van der Waals surface area contributed by atoms with E-state index in [1.807, 2.05) is 0 Å². The van der Waals surface area contributed by atoms with Crippen LogP contribution in [-0.4, -0.2) is 9.13 Å². The Kier molecular flexibility index (Phi) is 5.93. The second-order valence-corrected chi connectivity index (χ2v) is 16.0. The first-order chi connectivity index (χ1) is 29.3. The van der Waals surface area contributed by atoms with Gasteiger partial charge in [-0.1, -0.05) is 115 Å². The largest absolute Gasteiger partial charge is 0.457 e. The average Bonchev–Trinajstić information content (AvgIpc) is 4.01. The highest BCUT2D eigenvalue weighted by Crippen LogP contribution is 2.63. The van der Waals surface area contributed by atoms with E-state index < -0.39 is 5.41 Å². The molecule has 14 rings (SSSR count). The first-order valence-corrected chi connectivity index (χ1v) is 20.3. The van der Waals surface area contributed by atoms with Crippen molar-refractivity contribution in [1.82, 2.24) is 9.13 Å². The summed E-state index contributed by atoms with van der Waals surface area (Å²) in [4.78, 5) is 0. The molecule has 4 heteroatoms. The van der Waals surface area contributed by atoms with Crippen molar-refractivity contribution in [2.24, 2.45) is 0 Å². The maximum atomic E-state index is 6.79. The molecule has 1 aliphatic heterocycles. The molecule has 4 heterocycles. The first kappa shape index (κ1) is 31.3. The number of benzene rings is 9. The summed E-state index contributed by atoms with van der Waals surface area (Å²) in [6.45, 7) is 0. The summed E-state index contributed by atoms with van der Waals surface area (Å²) < 4.78 is 18.3. The third-order valence-electron chi connectivity index (χ3n) is 13.2. The van der Waals surface area contributed by atoms with Crippen LogP contribution in [0.4, 0.5) is 0 Å². The quantitative estimate of drug-likeness (QED) is 0.176. The Morgan fingerprint density at radius 2 is 0.932 bits per heavy atom. The zero-order valence-corrected chi connectivity index (χ0v) is 31.7. The monoisotopic (exact) mass is 752 g/mol. The van der Waals surface area contributed by atoms with Crippen LogP contribution in [0.25, 0.3) is 88.1 Å². The molecular formula is C55H32N2O2. The van der Waals surface area contributed by atoms with Crippen molar-refractivity contribution in [2.45, 2.75) is 5.41 Å². The Bertz CT molecular complexity index is 3710. The van der Waals surface area contributed by atoms with Crippen molar-refractivity contribution in [2.75, 3.05) is 0 Å². The molecular weight excluding hydrogens is 721 g/mol. The Morgan fingerprint density at radius 1 is 0.356 bits per heavy atom. The SMILES string of the molecule is c1ccc(-n2c3cc4c(cc3c3cc5c6c7oc8ccccc8c7ccc6n(-c6ccccc6)c5cc32)-c2ccccc2C42c3ccccc3Oc3ccccc32)cc1. The summed E-state index contributed by atoms with van der Waals surface area (Å²) in [5.74, 6) is 1.79. The van der Waals surface area contributed by atoms with E-state index in [4.69, 9.17) is 9.15 Å². The van der Waals surface area contributed by atoms with Gasteiger partial charge < -0.3 is 18.3 Å². The highest BCUT2D eigenvalue weighted by atomic mass is 16.5. The van der Waals surface area contributed by atoms with Gasteiger partial charge in [0.2, 0.25) is 0 Å². The van der Waals surface area contributed by atoms with Gasteiger partial charge in [-0.2, -0.15) is 0 Å². The zero-order valence-electron chi connectivity index (χ0n) is 31.7. The normalized spacial score (nSPS) is 13.7. The molecule has 1 spiro atoms. The van der Waals surface area contributed by atoms with E-state index in [-0.39, 0.29) is 0 Å². The highest BCUT2D eigenvalue weighted by molar-refractivity contribution is 6.27. The van der Waals surface area contributed by atoms with Gasteiger partial charge in [-0.3, -0.25) is 0 Å². The Labute approximate surface area is 338 Å². The molecule has 3 aromatic heterocycles. The van der Waals surface area contributed by atoms with Crippen LogP contribution in [0.2, 0.25) is 0 Å². The fourth-order valence-corrected chi connectivity index (χ4v) is 10.8. The summed E-state index contributed by atoms with van der Waals surface area (Å²) >= 11 is 0. The Morgan fingerprint density at radius 3 is 1.68 bits per heavy atom. The lowest BCUT2D eigenvalue weighted by atomic mass is 9.66. The van der Waals surface area contributed by atoms with Gasteiger partial charge in [-0.05, 0) is 101 Å². The molecule has 0 radical (unpaired) electrons. The van der Waals surface area contributed by atoms with E-state index in [0.717, 1.165) is 88.8 Å². The minimum atomic E-state index is -0.568. The molecule has 0 bridgehead atoms. The number of fused-ring (bicyclic) bond motifs is 19. The predicted octanol–water partition coefficient (Wildman–Crippen LogP) is 14.2. The Balaban J connectivity index is 1.18. The van der Waals surface area contributed by atoms with Crippen LogP contribution in [0, 0.1) is 0 Å². The van der Waals surface area contributed by atoms with Crippen LogP contribution >= 0.6 is 0 Å². The van der Waals surface area contributed by atoms with Gasteiger partial charge in [0.15, 0.2) is 0 Å². The average molecular weight is 753 g/mol. The molecule has 0 atom stereocenters. The lowest BCUT2D eigenvalue weighted by molar-refractivity contribution is 0.436. The third kappa shape index (κ3) is 3.88. The molecule has 0 N–H and O–H groups in total. The molecule has 0 fully saturated rings. The van der Waals surface area contributed by atoms with Gasteiger partial charge in [0.1, 0.15) is 22.7 Å². The standard InChI is InChI=1S/C55H32N2O2/c1-3-15-33(16-4-1)56-46-28-27-37-36-20-8-12-24-50(36)59-54(37)53(46)41-30-40-39-29-38-35-19-7-9-21-42(35)55(43-22-10-13-25-51(43)58-52-26-14-11-23-44(52)55)45(38)31-47(39)57(48(40)32-49(41)56)34-17-5-2-6-18-34/h1-32H. The lowest BCUT2D eigenvalue weighted by Crippen LogP contribution is -2.32. The van der Waals surface area contributed by atoms with E-state index in [1.54, 1.807) is 0 Å². The lowest BCUT2D eigenvalue weighted by Gasteiger charge is -2.39. The first-order valence-electron chi connectivity index (χ1n) is 20.3. The molecule has 0 saturated heterocycles. The molecule has 0 unspecified atom stereocenters. The molecule has 12 aromatic rings. The fourth-order valence-electron chi connectivity index (χ4n) is 10.8. The molecule has 0 saturated carbocycles. The number of hydrogen-bond acceptors (Lipinski definition) is 2. The van der Waals surface area contributed by atoms with Gasteiger partial charge in [0.05, 0.1) is 32.9 Å². The molecule has 274 valence electrons. The second kappa shape index (κ2) is 11.2. The zero-order chi connectivity index (χ0) is 38.4. The van der Waals surface area contributed by atoms with E-state index in [2.05, 4.69) is 203 Å². The summed E-state index contributed by atoms with van der Waals surface area (Å²) in [6, 6.07) is 70.4. The molecule has 9 aromatic carbocycles. The summed E-state index contributed by atoms with van der Waals surface area (Å²) in [7, 11) is 0. The van der Waals surface area contributed by atoms with Crippen LogP contribution in [0.15, 0.2) is 199 Å². The van der Waals surface area contributed by atoms with E-state index >= 15 is 0 Å². The number of nitrogens with zero attached hydrogens (tertiary/aromatic N) is 2. The van der Waals surface area contributed by atoms with E-state index in [1.165, 1.54) is 33.0 Å². The van der Waals surface area contributed by atoms with Gasteiger partial charge in [-0.15, -0.1) is 0 Å². The third-order valence-corrected chi connectivity index (χ3v) is 13.2. The van der Waals surface area contributed by atoms with Crippen molar-refractivity contribution in [1.29, 1.82) is 0 Å². The van der Waals surface area contributed by atoms with Crippen LogP contribution in [0.3, 0.4) is 0 Å². The highest BCUT2D eigenvalue weighted by Gasteiger charge is 2.51. The number of aromatic nitrogens is 2. The van der Waals surface area contributed by atoms with Crippen molar-refractivity contribution < 1.29 is 9.15 Å². The number of rotatable bonds is 2. The fraction of sp³-hybridized carbons (Fsp3) is 0.0182. The van der Waals surface area contributed by atoms with Crippen LogP contribution in [0.5, 0.6) is 11.5 Å². The van der Waals surface area contributed by atoms with Crippen LogP contribution < -0.4 is 4.74 Å². The summed E-state index contributed by atoms with van der Waals surface area (Å²) in [6.07, 6.45) is 0. The van der Waals surface area contributed by atoms with Crippen molar-refractivity contribution in [3.63, 3.8) is 0 Å². The van der Waals surface area contributed by atoms with E-state index in [9.17, 15) is 0 Å². The number of ether oxygens (including phenoxy) is 1. The maximum Gasteiger partial charge on any atom is 0.145 e. The summed E-state index contributed by atoms with van der Waals surface area (Å²) in [5.41, 5.74) is 15.4. The molecule has 59 heavy (non-hydrogen) atoms. The topological polar surface area (TPSA) is 32.2 Å². The summed E-state index contributed by atoms with van der Waals surface area (Å²) in [5, 5.41) is 6.96. The van der Waals surface area contributed by atoms with Gasteiger partial charge in [0.25, 0.3) is 0 Å².